The molecule has 2 atom stereocenters. The van der Waals surface area contributed by atoms with Crippen molar-refractivity contribution in [2.75, 3.05) is 12.4 Å². The first-order valence-electron chi connectivity index (χ1n) is 6.04. The largest absolute Gasteiger partial charge is 0.382 e. The Hall–Kier alpha value is -1.23. The number of hydrogen-bond donors (Lipinski definition) is 1. The van der Waals surface area contributed by atoms with Gasteiger partial charge in [-0.25, -0.2) is 13.2 Å². The zero-order valence-electron chi connectivity index (χ0n) is 10.2. The minimum atomic E-state index is -1.43. The van der Waals surface area contributed by atoms with Crippen LogP contribution in [0.3, 0.4) is 0 Å². The normalized spacial score (nSPS) is 24.0. The highest BCUT2D eigenvalue weighted by molar-refractivity contribution is 5.45. The summed E-state index contributed by atoms with van der Waals surface area (Å²) in [7, 11) is 1.66. The SMILES string of the molecule is COC1CCCC(Nc2cc(F)c(F)c(F)c2)C1. The number of benzene rings is 1. The third-order valence-corrected chi connectivity index (χ3v) is 3.31. The Balaban J connectivity index is 2.05. The first-order valence-corrected chi connectivity index (χ1v) is 6.04. The maximum absolute atomic E-state index is 13.1. The average Bonchev–Trinajstić information content (AvgIpc) is 2.36. The summed E-state index contributed by atoms with van der Waals surface area (Å²) in [5.74, 6) is -3.77. The van der Waals surface area contributed by atoms with Gasteiger partial charge in [-0.1, -0.05) is 0 Å². The van der Waals surface area contributed by atoms with E-state index in [0.717, 1.165) is 37.8 Å². The van der Waals surface area contributed by atoms with E-state index in [1.165, 1.54) is 0 Å². The fraction of sp³-hybridized carbons (Fsp3) is 0.538. The number of methoxy groups -OCH3 is 1. The van der Waals surface area contributed by atoms with Gasteiger partial charge in [0.1, 0.15) is 0 Å². The van der Waals surface area contributed by atoms with Gasteiger partial charge >= 0.3 is 0 Å². The lowest BCUT2D eigenvalue weighted by molar-refractivity contribution is 0.0669. The minimum Gasteiger partial charge on any atom is -0.382 e. The molecule has 1 aromatic carbocycles. The first-order chi connectivity index (χ1) is 8.60. The van der Waals surface area contributed by atoms with Gasteiger partial charge in [0.15, 0.2) is 17.5 Å². The summed E-state index contributed by atoms with van der Waals surface area (Å²) in [6.45, 7) is 0. The molecular weight excluding hydrogens is 243 g/mol. The van der Waals surface area contributed by atoms with Crippen molar-refractivity contribution in [2.24, 2.45) is 0 Å². The third kappa shape index (κ3) is 2.96. The first kappa shape index (κ1) is 13.2. The molecule has 0 heterocycles. The van der Waals surface area contributed by atoms with Gasteiger partial charge in [-0.05, 0) is 25.7 Å². The van der Waals surface area contributed by atoms with Crippen molar-refractivity contribution in [3.63, 3.8) is 0 Å². The molecule has 0 saturated heterocycles. The Morgan fingerprint density at radius 3 is 2.44 bits per heavy atom. The number of halogens is 3. The molecule has 1 aromatic rings. The van der Waals surface area contributed by atoms with Crippen molar-refractivity contribution < 1.29 is 17.9 Å². The van der Waals surface area contributed by atoms with Crippen LogP contribution in [-0.4, -0.2) is 19.3 Å². The second kappa shape index (κ2) is 5.61. The number of rotatable bonds is 3. The monoisotopic (exact) mass is 259 g/mol. The molecule has 1 aliphatic carbocycles. The topological polar surface area (TPSA) is 21.3 Å². The van der Waals surface area contributed by atoms with Crippen LogP contribution in [0, 0.1) is 17.5 Å². The quantitative estimate of drug-likeness (QED) is 0.839. The molecule has 1 N–H and O–H groups in total. The molecule has 18 heavy (non-hydrogen) atoms. The maximum atomic E-state index is 13.1. The highest BCUT2D eigenvalue weighted by atomic mass is 19.2. The molecule has 0 radical (unpaired) electrons. The number of ether oxygens (including phenoxy) is 1. The molecule has 0 aliphatic heterocycles. The van der Waals surface area contributed by atoms with Crippen LogP contribution in [0.5, 0.6) is 0 Å². The second-order valence-electron chi connectivity index (χ2n) is 4.62. The van der Waals surface area contributed by atoms with Crippen molar-refractivity contribution >= 4 is 5.69 Å². The van der Waals surface area contributed by atoms with E-state index in [4.69, 9.17) is 4.74 Å². The molecule has 2 rings (SSSR count). The summed E-state index contributed by atoms with van der Waals surface area (Å²) in [6, 6.07) is 2.07. The van der Waals surface area contributed by atoms with Crippen LogP contribution in [0.1, 0.15) is 25.7 Å². The smallest absolute Gasteiger partial charge is 0.194 e. The second-order valence-corrected chi connectivity index (χ2v) is 4.62. The molecule has 5 heteroatoms. The Kier molecular flexibility index (Phi) is 4.11. The van der Waals surface area contributed by atoms with E-state index in [9.17, 15) is 13.2 Å². The summed E-state index contributed by atoms with van der Waals surface area (Å²) < 4.78 is 44.2. The molecule has 0 aromatic heterocycles. The molecule has 0 bridgehead atoms. The molecule has 0 spiro atoms. The lowest BCUT2D eigenvalue weighted by atomic mass is 9.92. The standard InChI is InChI=1S/C13H16F3NO/c1-18-10-4-2-3-8(5-10)17-9-6-11(14)13(16)12(15)7-9/h6-8,10,17H,2-5H2,1H3. The van der Waals surface area contributed by atoms with Crippen molar-refractivity contribution in [1.82, 2.24) is 0 Å². The summed E-state index contributed by atoms with van der Waals surface area (Å²) in [5.41, 5.74) is 0.271. The lowest BCUT2D eigenvalue weighted by Crippen LogP contribution is -2.31. The van der Waals surface area contributed by atoms with Crippen molar-refractivity contribution in [3.8, 4) is 0 Å². The number of hydrogen-bond acceptors (Lipinski definition) is 2. The van der Waals surface area contributed by atoms with Gasteiger partial charge in [0.25, 0.3) is 0 Å². The molecule has 1 fully saturated rings. The highest BCUT2D eigenvalue weighted by Crippen LogP contribution is 2.25. The van der Waals surface area contributed by atoms with Crippen molar-refractivity contribution in [3.05, 3.63) is 29.6 Å². The van der Waals surface area contributed by atoms with Gasteiger partial charge < -0.3 is 10.1 Å². The average molecular weight is 259 g/mol. The fourth-order valence-electron chi connectivity index (χ4n) is 2.36. The van der Waals surface area contributed by atoms with Crippen LogP contribution in [0.25, 0.3) is 0 Å². The maximum Gasteiger partial charge on any atom is 0.194 e. The van der Waals surface area contributed by atoms with Gasteiger partial charge in [-0.3, -0.25) is 0 Å². The van der Waals surface area contributed by atoms with Crippen LogP contribution in [0.15, 0.2) is 12.1 Å². The van der Waals surface area contributed by atoms with Crippen LogP contribution in [0.2, 0.25) is 0 Å². The zero-order valence-corrected chi connectivity index (χ0v) is 10.2. The van der Waals surface area contributed by atoms with Gasteiger partial charge in [-0.15, -0.1) is 0 Å². The molecule has 100 valence electrons. The van der Waals surface area contributed by atoms with E-state index in [1.807, 2.05) is 0 Å². The molecule has 2 unspecified atom stereocenters. The van der Waals surface area contributed by atoms with Gasteiger partial charge in [0.2, 0.25) is 0 Å². The van der Waals surface area contributed by atoms with Gasteiger partial charge in [0, 0.05) is 31.0 Å². The van der Waals surface area contributed by atoms with Crippen molar-refractivity contribution in [1.29, 1.82) is 0 Å². The summed E-state index contributed by atoms with van der Waals surface area (Å²) >= 11 is 0. The van der Waals surface area contributed by atoms with Crippen molar-refractivity contribution in [2.45, 2.75) is 37.8 Å². The van der Waals surface area contributed by atoms with Crippen LogP contribution in [0.4, 0.5) is 18.9 Å². The minimum absolute atomic E-state index is 0.105. The van der Waals surface area contributed by atoms with Crippen LogP contribution >= 0.6 is 0 Å². The predicted octanol–water partition coefficient (Wildman–Crippen LogP) is 3.47. The summed E-state index contributed by atoms with van der Waals surface area (Å²) in [6.07, 6.45) is 3.88. The Labute approximate surface area is 104 Å². The molecule has 2 nitrogen and oxygen atoms in total. The van der Waals surface area contributed by atoms with E-state index >= 15 is 0 Å². The molecule has 1 saturated carbocycles. The number of nitrogens with one attached hydrogen (secondary N) is 1. The van der Waals surface area contributed by atoms with E-state index in [1.54, 1.807) is 7.11 Å². The van der Waals surface area contributed by atoms with E-state index in [-0.39, 0.29) is 17.8 Å². The van der Waals surface area contributed by atoms with E-state index < -0.39 is 17.5 Å². The lowest BCUT2D eigenvalue weighted by Gasteiger charge is -2.29. The van der Waals surface area contributed by atoms with E-state index in [0.29, 0.717) is 0 Å². The van der Waals surface area contributed by atoms with Gasteiger partial charge in [0.05, 0.1) is 6.10 Å². The Morgan fingerprint density at radius 1 is 1.17 bits per heavy atom. The molecular formula is C13H16F3NO. The predicted molar refractivity (Wildman–Crippen MR) is 63.0 cm³/mol. The van der Waals surface area contributed by atoms with Crippen LogP contribution in [-0.2, 0) is 4.74 Å². The third-order valence-electron chi connectivity index (χ3n) is 3.31. The Bertz CT molecular complexity index is 402. The summed E-state index contributed by atoms with van der Waals surface area (Å²) in [4.78, 5) is 0. The molecule has 1 aliphatic rings. The van der Waals surface area contributed by atoms with E-state index in [2.05, 4.69) is 5.32 Å². The van der Waals surface area contributed by atoms with Crippen LogP contribution < -0.4 is 5.32 Å². The fourth-order valence-corrected chi connectivity index (χ4v) is 2.36. The summed E-state index contributed by atoms with van der Waals surface area (Å²) in [5, 5.41) is 3.03. The molecule has 0 amide bonds. The number of anilines is 1. The zero-order chi connectivity index (χ0) is 13.1. The highest BCUT2D eigenvalue weighted by Gasteiger charge is 2.22. The Morgan fingerprint density at radius 2 is 1.83 bits per heavy atom. The van der Waals surface area contributed by atoms with Gasteiger partial charge in [-0.2, -0.15) is 0 Å².